The Hall–Kier alpha value is -1.13. The highest BCUT2D eigenvalue weighted by atomic mass is 16.9. The number of carbonyl (C=O) groups is 1. The van der Waals surface area contributed by atoms with Crippen molar-refractivity contribution in [3.05, 3.63) is 10.1 Å². The van der Waals surface area contributed by atoms with Crippen LogP contribution in [-0.2, 0) is 9.63 Å². The Bertz CT molecular complexity index is 167. The number of carbonyl (C=O) groups excluding carboxylic acids is 1. The van der Waals surface area contributed by atoms with E-state index in [0.717, 1.165) is 6.29 Å². The topological polar surface area (TPSA) is 69.4 Å². The zero-order valence-electron chi connectivity index (χ0n) is 7.28. The fraction of sp³-hybridized carbons (Fsp3) is 0.857. The first-order valence-corrected chi connectivity index (χ1v) is 3.71. The maximum absolute atomic E-state index is 10.4. The Morgan fingerprint density at radius 2 is 2.17 bits per heavy atom. The van der Waals surface area contributed by atoms with E-state index in [1.165, 1.54) is 0 Å². The molecule has 0 saturated heterocycles. The lowest BCUT2D eigenvalue weighted by atomic mass is 9.90. The minimum Gasteiger partial charge on any atom is -0.314 e. The van der Waals surface area contributed by atoms with E-state index in [2.05, 4.69) is 4.84 Å². The molecule has 0 aromatic rings. The van der Waals surface area contributed by atoms with Crippen LogP contribution in [0.25, 0.3) is 0 Å². The van der Waals surface area contributed by atoms with Crippen LogP contribution in [0.2, 0.25) is 0 Å². The molecule has 0 unspecified atom stereocenters. The van der Waals surface area contributed by atoms with Crippen molar-refractivity contribution in [2.24, 2.45) is 5.41 Å². The molecule has 0 aliphatic heterocycles. The molecule has 0 aromatic carbocycles. The summed E-state index contributed by atoms with van der Waals surface area (Å²) in [5.74, 6) is 0. The van der Waals surface area contributed by atoms with Gasteiger partial charge >= 0.3 is 0 Å². The molecule has 12 heavy (non-hydrogen) atoms. The van der Waals surface area contributed by atoms with Crippen molar-refractivity contribution in [2.45, 2.75) is 26.7 Å². The van der Waals surface area contributed by atoms with Gasteiger partial charge in [0.2, 0.25) is 0 Å². The lowest BCUT2D eigenvalue weighted by Crippen LogP contribution is -2.14. The average molecular weight is 175 g/mol. The zero-order chi connectivity index (χ0) is 9.61. The lowest BCUT2D eigenvalue weighted by Gasteiger charge is -2.15. The van der Waals surface area contributed by atoms with E-state index in [1.807, 2.05) is 0 Å². The fourth-order valence-corrected chi connectivity index (χ4v) is 0.726. The Kier molecular flexibility index (Phi) is 4.25. The van der Waals surface area contributed by atoms with Crippen LogP contribution in [0.3, 0.4) is 0 Å². The Labute approximate surface area is 70.8 Å². The summed E-state index contributed by atoms with van der Waals surface area (Å²) in [6.45, 7) is 3.63. The Morgan fingerprint density at radius 3 is 2.58 bits per heavy atom. The molecule has 0 spiro atoms. The second-order valence-corrected chi connectivity index (χ2v) is 3.27. The van der Waals surface area contributed by atoms with E-state index in [4.69, 9.17) is 0 Å². The fourth-order valence-electron chi connectivity index (χ4n) is 0.726. The number of hydrogen-bond donors (Lipinski definition) is 0. The quantitative estimate of drug-likeness (QED) is 0.263. The van der Waals surface area contributed by atoms with E-state index in [9.17, 15) is 14.9 Å². The van der Waals surface area contributed by atoms with Gasteiger partial charge in [-0.1, -0.05) is 13.8 Å². The van der Waals surface area contributed by atoms with Crippen LogP contribution in [0.15, 0.2) is 0 Å². The van der Waals surface area contributed by atoms with Crippen molar-refractivity contribution in [3.8, 4) is 0 Å². The maximum atomic E-state index is 10.4. The van der Waals surface area contributed by atoms with Gasteiger partial charge in [0.05, 0.1) is 6.61 Å². The highest BCUT2D eigenvalue weighted by Gasteiger charge is 2.15. The molecule has 0 rings (SSSR count). The van der Waals surface area contributed by atoms with Gasteiger partial charge in [-0.15, -0.1) is 10.1 Å². The van der Waals surface area contributed by atoms with Crippen LogP contribution >= 0.6 is 0 Å². The van der Waals surface area contributed by atoms with Gasteiger partial charge in [-0.3, -0.25) is 0 Å². The minimum atomic E-state index is -0.825. The summed E-state index contributed by atoms with van der Waals surface area (Å²) in [7, 11) is 0. The highest BCUT2D eigenvalue weighted by Crippen LogP contribution is 2.18. The largest absolute Gasteiger partial charge is 0.314 e. The summed E-state index contributed by atoms with van der Waals surface area (Å²) in [5.41, 5.74) is -0.403. The van der Waals surface area contributed by atoms with E-state index >= 15 is 0 Å². The molecule has 0 aliphatic rings. The second-order valence-electron chi connectivity index (χ2n) is 3.27. The molecule has 0 bridgehead atoms. The van der Waals surface area contributed by atoms with Crippen molar-refractivity contribution >= 4 is 6.29 Å². The Morgan fingerprint density at radius 1 is 1.58 bits per heavy atom. The van der Waals surface area contributed by atoms with Gasteiger partial charge in [0, 0.05) is 5.41 Å². The van der Waals surface area contributed by atoms with Crippen LogP contribution < -0.4 is 0 Å². The molecule has 0 aliphatic carbocycles. The predicted octanol–water partition coefficient (Wildman–Crippen LogP) is 1.20. The molecule has 0 atom stereocenters. The number of rotatable bonds is 6. The number of aldehydes is 1. The molecule has 0 heterocycles. The molecule has 5 heteroatoms. The first kappa shape index (κ1) is 10.9. The van der Waals surface area contributed by atoms with Crippen molar-refractivity contribution in [3.63, 3.8) is 0 Å². The molecule has 0 fully saturated rings. The van der Waals surface area contributed by atoms with Crippen LogP contribution in [0.4, 0.5) is 0 Å². The normalized spacial score (nSPS) is 10.8. The van der Waals surface area contributed by atoms with Crippen LogP contribution in [0.5, 0.6) is 0 Å². The van der Waals surface area contributed by atoms with Gasteiger partial charge in [0.1, 0.15) is 6.29 Å². The SMILES string of the molecule is CC(C)(C=O)CCCO[N+](=O)[O-]. The molecule has 0 aromatic heterocycles. The third kappa shape index (κ3) is 5.64. The molecular formula is C7H13NO4. The van der Waals surface area contributed by atoms with E-state index in [0.29, 0.717) is 12.8 Å². The summed E-state index contributed by atoms with van der Waals surface area (Å²) in [6.07, 6.45) is 1.97. The summed E-state index contributed by atoms with van der Waals surface area (Å²) in [6, 6.07) is 0. The summed E-state index contributed by atoms with van der Waals surface area (Å²) < 4.78 is 0. The van der Waals surface area contributed by atoms with Gasteiger partial charge in [-0.05, 0) is 12.8 Å². The standard InChI is InChI=1S/C7H13NO4/c1-7(2,6-9)4-3-5-12-8(10)11/h6H,3-5H2,1-2H3. The van der Waals surface area contributed by atoms with Crippen LogP contribution in [0, 0.1) is 15.5 Å². The number of nitrogens with zero attached hydrogens (tertiary/aromatic N) is 1. The van der Waals surface area contributed by atoms with Crippen molar-refractivity contribution in [1.29, 1.82) is 0 Å². The van der Waals surface area contributed by atoms with E-state index < -0.39 is 10.5 Å². The smallest absolute Gasteiger partial charge is 0.294 e. The van der Waals surface area contributed by atoms with Crippen molar-refractivity contribution in [1.82, 2.24) is 0 Å². The van der Waals surface area contributed by atoms with Gasteiger partial charge in [-0.25, -0.2) is 0 Å². The Balaban J connectivity index is 3.43. The zero-order valence-corrected chi connectivity index (χ0v) is 7.28. The molecule has 5 nitrogen and oxygen atoms in total. The summed E-state index contributed by atoms with van der Waals surface area (Å²) in [5, 5.41) is 8.88. The first-order valence-electron chi connectivity index (χ1n) is 3.71. The van der Waals surface area contributed by atoms with Crippen molar-refractivity contribution < 1.29 is 14.7 Å². The first-order chi connectivity index (χ1) is 5.48. The predicted molar refractivity (Wildman–Crippen MR) is 42.0 cm³/mol. The van der Waals surface area contributed by atoms with Gasteiger partial charge in [0.15, 0.2) is 0 Å². The van der Waals surface area contributed by atoms with Gasteiger partial charge in [0.25, 0.3) is 5.09 Å². The lowest BCUT2D eigenvalue weighted by molar-refractivity contribution is -0.757. The molecule has 0 radical (unpaired) electrons. The minimum absolute atomic E-state index is 0.0598. The van der Waals surface area contributed by atoms with E-state index in [-0.39, 0.29) is 6.61 Å². The van der Waals surface area contributed by atoms with E-state index in [1.54, 1.807) is 13.8 Å². The summed E-state index contributed by atoms with van der Waals surface area (Å²) >= 11 is 0. The monoisotopic (exact) mass is 175 g/mol. The van der Waals surface area contributed by atoms with Crippen LogP contribution in [-0.4, -0.2) is 18.0 Å². The summed E-state index contributed by atoms with van der Waals surface area (Å²) in [4.78, 5) is 24.2. The van der Waals surface area contributed by atoms with Crippen molar-refractivity contribution in [2.75, 3.05) is 6.61 Å². The average Bonchev–Trinajstić information content (AvgIpc) is 1.98. The number of hydrogen-bond acceptors (Lipinski definition) is 4. The molecular weight excluding hydrogens is 162 g/mol. The molecule has 0 saturated carbocycles. The second kappa shape index (κ2) is 4.69. The molecule has 0 N–H and O–H groups in total. The van der Waals surface area contributed by atoms with Gasteiger partial charge in [-0.2, -0.15) is 0 Å². The highest BCUT2D eigenvalue weighted by molar-refractivity contribution is 5.57. The molecule has 0 amide bonds. The molecule has 70 valence electrons. The maximum Gasteiger partial charge on any atom is 0.294 e. The third-order valence-corrected chi connectivity index (χ3v) is 1.48. The van der Waals surface area contributed by atoms with Gasteiger partial charge < -0.3 is 9.63 Å². The third-order valence-electron chi connectivity index (χ3n) is 1.48. The van der Waals surface area contributed by atoms with Crippen LogP contribution in [0.1, 0.15) is 26.7 Å².